The minimum Gasteiger partial charge on any atom is -0.365 e. The monoisotopic (exact) mass is 356 g/mol. The van der Waals surface area contributed by atoms with E-state index >= 15 is 0 Å². The second-order valence-corrected chi connectivity index (χ2v) is 6.42. The van der Waals surface area contributed by atoms with Crippen LogP contribution in [-0.4, -0.2) is 11.9 Å². The molecule has 3 atom stereocenters. The van der Waals surface area contributed by atoms with Crippen molar-refractivity contribution in [2.24, 2.45) is 0 Å². The molecule has 0 unspecified atom stereocenters. The van der Waals surface area contributed by atoms with Crippen molar-refractivity contribution in [3.05, 3.63) is 70.8 Å². The molecule has 0 spiro atoms. The third kappa shape index (κ3) is 4.24. The quantitative estimate of drug-likeness (QED) is 0.906. The number of carbonyl (C=O) groups is 1. The van der Waals surface area contributed by atoms with E-state index in [2.05, 4.69) is 11.4 Å². The van der Waals surface area contributed by atoms with Gasteiger partial charge in [-0.25, -0.2) is 8.78 Å². The summed E-state index contributed by atoms with van der Waals surface area (Å²) in [6, 6.07) is 12.2. The van der Waals surface area contributed by atoms with Crippen molar-refractivity contribution in [2.45, 2.75) is 38.0 Å². The fraction of sp³-hybridized carbons (Fsp3) is 0.300. The summed E-state index contributed by atoms with van der Waals surface area (Å²) < 4.78 is 33.3. The van der Waals surface area contributed by atoms with E-state index in [-0.39, 0.29) is 11.9 Å². The molecule has 1 N–H and O–H groups in total. The lowest BCUT2D eigenvalue weighted by atomic mass is 9.90. The van der Waals surface area contributed by atoms with Crippen molar-refractivity contribution in [3.63, 3.8) is 0 Å². The molecule has 2 aromatic carbocycles. The molecule has 1 aliphatic heterocycles. The number of ether oxygens (including phenoxy) is 1. The molecule has 2 aromatic rings. The number of hydrogen-bond acceptors (Lipinski definition) is 3. The Kier molecular flexibility index (Phi) is 5.29. The second kappa shape index (κ2) is 7.63. The predicted octanol–water partition coefficient (Wildman–Crippen LogP) is 3.93. The average molecular weight is 356 g/mol. The van der Waals surface area contributed by atoms with Gasteiger partial charge in [-0.2, -0.15) is 5.26 Å². The molecule has 1 saturated heterocycles. The van der Waals surface area contributed by atoms with Crippen LogP contribution >= 0.6 is 0 Å². The van der Waals surface area contributed by atoms with Gasteiger partial charge in [0.2, 0.25) is 5.91 Å². The maximum absolute atomic E-state index is 13.6. The third-order valence-corrected chi connectivity index (χ3v) is 4.38. The Labute approximate surface area is 150 Å². The fourth-order valence-electron chi connectivity index (χ4n) is 3.33. The van der Waals surface area contributed by atoms with Crippen molar-refractivity contribution in [2.75, 3.05) is 0 Å². The van der Waals surface area contributed by atoms with Gasteiger partial charge in [0.25, 0.3) is 0 Å². The average Bonchev–Trinajstić information content (AvgIpc) is 2.60. The summed E-state index contributed by atoms with van der Waals surface area (Å²) in [6.45, 7) is 1.43. The molecule has 0 bridgehead atoms. The lowest BCUT2D eigenvalue weighted by Gasteiger charge is -2.36. The van der Waals surface area contributed by atoms with Gasteiger partial charge in [-0.05, 0) is 48.2 Å². The maximum Gasteiger partial charge on any atom is 0.217 e. The summed E-state index contributed by atoms with van der Waals surface area (Å²) in [5.41, 5.74) is 1.68. The smallest absolute Gasteiger partial charge is 0.217 e. The Hall–Kier alpha value is -2.78. The molecular weight excluding hydrogens is 338 g/mol. The van der Waals surface area contributed by atoms with Crippen LogP contribution in [0.15, 0.2) is 42.5 Å². The van der Waals surface area contributed by atoms with Gasteiger partial charge in [-0.1, -0.05) is 12.1 Å². The van der Waals surface area contributed by atoms with Crippen LogP contribution in [0.2, 0.25) is 0 Å². The molecule has 1 aliphatic rings. The van der Waals surface area contributed by atoms with E-state index in [4.69, 9.17) is 10.00 Å². The van der Waals surface area contributed by atoms with E-state index in [1.165, 1.54) is 19.1 Å². The molecule has 1 fully saturated rings. The SMILES string of the molecule is CC(=O)N[C@H]1C[C@@H](c2cccc(C#N)c2)O[C@@H](c2cc(F)cc(F)c2)C1. The highest BCUT2D eigenvalue weighted by Gasteiger charge is 2.32. The van der Waals surface area contributed by atoms with Gasteiger partial charge in [0, 0.05) is 19.0 Å². The number of amides is 1. The molecule has 134 valence electrons. The van der Waals surface area contributed by atoms with Gasteiger partial charge < -0.3 is 10.1 Å². The van der Waals surface area contributed by atoms with Crippen molar-refractivity contribution in [3.8, 4) is 6.07 Å². The molecule has 4 nitrogen and oxygen atoms in total. The molecule has 26 heavy (non-hydrogen) atoms. The summed E-state index contributed by atoms with van der Waals surface area (Å²) in [7, 11) is 0. The van der Waals surface area contributed by atoms with Crippen molar-refractivity contribution in [1.29, 1.82) is 5.26 Å². The van der Waals surface area contributed by atoms with Crippen LogP contribution < -0.4 is 5.32 Å². The van der Waals surface area contributed by atoms with Crippen molar-refractivity contribution < 1.29 is 18.3 Å². The molecule has 0 radical (unpaired) electrons. The maximum atomic E-state index is 13.6. The number of halogens is 2. The van der Waals surface area contributed by atoms with E-state index < -0.39 is 23.8 Å². The summed E-state index contributed by atoms with van der Waals surface area (Å²) in [4.78, 5) is 11.5. The molecule has 6 heteroatoms. The highest BCUT2D eigenvalue weighted by atomic mass is 19.1. The predicted molar refractivity (Wildman–Crippen MR) is 90.9 cm³/mol. The number of nitriles is 1. The number of nitrogens with one attached hydrogen (secondary N) is 1. The molecule has 0 aromatic heterocycles. The third-order valence-electron chi connectivity index (χ3n) is 4.38. The van der Waals surface area contributed by atoms with Crippen LogP contribution in [0.1, 0.15) is 48.7 Å². The molecule has 0 saturated carbocycles. The van der Waals surface area contributed by atoms with Crippen LogP contribution in [0, 0.1) is 23.0 Å². The lowest BCUT2D eigenvalue weighted by Crippen LogP contribution is -2.39. The number of hydrogen-bond donors (Lipinski definition) is 1. The zero-order valence-corrected chi connectivity index (χ0v) is 14.2. The Balaban J connectivity index is 1.92. The summed E-state index contributed by atoms with van der Waals surface area (Å²) >= 11 is 0. The van der Waals surface area contributed by atoms with E-state index in [0.717, 1.165) is 11.6 Å². The van der Waals surface area contributed by atoms with Gasteiger partial charge in [-0.3, -0.25) is 4.79 Å². The van der Waals surface area contributed by atoms with Crippen molar-refractivity contribution >= 4 is 5.91 Å². The van der Waals surface area contributed by atoms with Gasteiger partial charge in [-0.15, -0.1) is 0 Å². The molecule has 0 aliphatic carbocycles. The highest BCUT2D eigenvalue weighted by molar-refractivity contribution is 5.73. The Bertz CT molecular complexity index is 843. The van der Waals surface area contributed by atoms with Gasteiger partial charge in [0.15, 0.2) is 0 Å². The summed E-state index contributed by atoms with van der Waals surface area (Å²) in [5.74, 6) is -1.52. The zero-order chi connectivity index (χ0) is 18.7. The van der Waals surface area contributed by atoms with Gasteiger partial charge >= 0.3 is 0 Å². The minimum absolute atomic E-state index is 0.175. The first-order valence-electron chi connectivity index (χ1n) is 8.33. The molecule has 1 amide bonds. The Morgan fingerprint density at radius 1 is 1.12 bits per heavy atom. The first kappa shape index (κ1) is 18.0. The number of benzene rings is 2. The summed E-state index contributed by atoms with van der Waals surface area (Å²) in [6.07, 6.45) is -0.0357. The molecular formula is C20H18F2N2O2. The Morgan fingerprint density at radius 2 is 1.77 bits per heavy atom. The fourth-order valence-corrected chi connectivity index (χ4v) is 3.33. The normalized spacial score (nSPS) is 22.5. The van der Waals surface area contributed by atoms with Crippen LogP contribution in [-0.2, 0) is 9.53 Å². The van der Waals surface area contributed by atoms with Crippen LogP contribution in [0.25, 0.3) is 0 Å². The molecule has 1 heterocycles. The van der Waals surface area contributed by atoms with Crippen LogP contribution in [0.4, 0.5) is 8.78 Å². The standard InChI is InChI=1S/C20H18F2N2O2/c1-12(25)24-18-9-19(14-4-2-3-13(5-14)11-23)26-20(10-18)15-6-16(21)8-17(22)7-15/h2-8,18-20H,9-10H2,1H3,(H,24,25)/t18-,19-,20+/m0/s1. The minimum atomic E-state index is -0.673. The van der Waals surface area contributed by atoms with E-state index in [0.29, 0.717) is 24.0 Å². The first-order valence-corrected chi connectivity index (χ1v) is 8.33. The molecule has 3 rings (SSSR count). The Morgan fingerprint density at radius 3 is 2.38 bits per heavy atom. The highest BCUT2D eigenvalue weighted by Crippen LogP contribution is 2.39. The number of rotatable bonds is 3. The number of carbonyl (C=O) groups excluding carboxylic acids is 1. The second-order valence-electron chi connectivity index (χ2n) is 6.42. The number of nitrogens with zero attached hydrogens (tertiary/aromatic N) is 1. The van der Waals surface area contributed by atoms with Gasteiger partial charge in [0.05, 0.1) is 23.8 Å². The zero-order valence-electron chi connectivity index (χ0n) is 14.2. The van der Waals surface area contributed by atoms with E-state index in [9.17, 15) is 13.6 Å². The topological polar surface area (TPSA) is 62.1 Å². The van der Waals surface area contributed by atoms with E-state index in [1.807, 2.05) is 6.07 Å². The van der Waals surface area contributed by atoms with Crippen LogP contribution in [0.3, 0.4) is 0 Å². The first-order chi connectivity index (χ1) is 12.4. The van der Waals surface area contributed by atoms with Gasteiger partial charge in [0.1, 0.15) is 11.6 Å². The summed E-state index contributed by atoms with van der Waals surface area (Å²) in [5, 5.41) is 12.0. The van der Waals surface area contributed by atoms with Crippen molar-refractivity contribution in [1.82, 2.24) is 5.32 Å². The largest absolute Gasteiger partial charge is 0.365 e. The lowest BCUT2D eigenvalue weighted by molar-refractivity contribution is -0.122. The van der Waals surface area contributed by atoms with E-state index in [1.54, 1.807) is 18.2 Å². The van der Waals surface area contributed by atoms with Crippen LogP contribution in [0.5, 0.6) is 0 Å².